The van der Waals surface area contributed by atoms with Gasteiger partial charge in [0, 0.05) is 62.1 Å². The van der Waals surface area contributed by atoms with Gasteiger partial charge in [0.2, 0.25) is 11.9 Å². The molecule has 2 fully saturated rings. The SMILES string of the molecule is C.CCC(=O)N[C@H]1CCCC[C@H]1Nc1nc(Nc2ccc(C(=O)N3CCN(C)CC3)cc2)ncc1C(F)(F)F. The van der Waals surface area contributed by atoms with Gasteiger partial charge in [0.25, 0.3) is 5.91 Å². The van der Waals surface area contributed by atoms with E-state index in [9.17, 15) is 22.8 Å². The first-order chi connectivity index (χ1) is 18.1. The van der Waals surface area contributed by atoms with E-state index in [-0.39, 0.29) is 43.1 Å². The van der Waals surface area contributed by atoms with Crippen molar-refractivity contribution >= 4 is 29.3 Å². The molecular formula is C27H38F3N7O2. The largest absolute Gasteiger partial charge is 0.421 e. The van der Waals surface area contributed by atoms with Crippen LogP contribution >= 0.6 is 0 Å². The first kappa shape index (κ1) is 30.1. The van der Waals surface area contributed by atoms with E-state index in [1.807, 2.05) is 7.05 Å². The van der Waals surface area contributed by atoms with Gasteiger partial charge in [0.1, 0.15) is 11.4 Å². The van der Waals surface area contributed by atoms with Gasteiger partial charge in [0.15, 0.2) is 0 Å². The number of nitrogens with one attached hydrogen (secondary N) is 3. The average Bonchev–Trinajstić information content (AvgIpc) is 2.89. The van der Waals surface area contributed by atoms with Gasteiger partial charge >= 0.3 is 6.18 Å². The Morgan fingerprint density at radius 2 is 1.67 bits per heavy atom. The first-order valence-electron chi connectivity index (χ1n) is 13.0. The molecule has 4 rings (SSSR count). The van der Waals surface area contributed by atoms with Crippen LogP contribution in [0.5, 0.6) is 0 Å². The molecule has 1 aromatic heterocycles. The highest BCUT2D eigenvalue weighted by Gasteiger charge is 2.37. The molecule has 1 aliphatic carbocycles. The summed E-state index contributed by atoms with van der Waals surface area (Å²) < 4.78 is 41.3. The molecule has 0 spiro atoms. The van der Waals surface area contributed by atoms with Gasteiger partial charge in [-0.3, -0.25) is 9.59 Å². The van der Waals surface area contributed by atoms with Gasteiger partial charge in [-0.2, -0.15) is 18.2 Å². The Bertz CT molecular complexity index is 1120. The fourth-order valence-electron chi connectivity index (χ4n) is 4.74. The summed E-state index contributed by atoms with van der Waals surface area (Å²) in [5, 5.41) is 8.80. The third-order valence-electron chi connectivity index (χ3n) is 7.03. The average molecular weight is 550 g/mol. The number of carbonyl (C=O) groups excluding carboxylic acids is 2. The standard InChI is InChI=1S/C26H34F3N7O2.CH4/c1-3-22(37)32-20-6-4-5-7-21(20)33-23-19(26(27,28)29)16-30-25(34-23)31-18-10-8-17(9-11-18)24(38)36-14-12-35(2)13-15-36;/h8-11,16,20-21H,3-7,12-15H2,1-2H3,(H,32,37)(H2,30,31,33,34);1H4/t20-,21+;/m0./s1. The molecule has 3 N–H and O–H groups in total. The number of amides is 2. The Morgan fingerprint density at radius 1 is 1.03 bits per heavy atom. The van der Waals surface area contributed by atoms with Crippen molar-refractivity contribution in [2.24, 2.45) is 0 Å². The lowest BCUT2D eigenvalue weighted by molar-refractivity contribution is -0.137. The van der Waals surface area contributed by atoms with Gasteiger partial charge in [-0.1, -0.05) is 27.2 Å². The van der Waals surface area contributed by atoms with E-state index in [2.05, 4.69) is 30.8 Å². The van der Waals surface area contributed by atoms with Crippen molar-refractivity contribution in [2.75, 3.05) is 43.9 Å². The number of piperazine rings is 1. The quantitative estimate of drug-likeness (QED) is 0.467. The molecule has 0 bridgehead atoms. The number of anilines is 3. The third kappa shape index (κ3) is 7.81. The smallest absolute Gasteiger partial charge is 0.365 e. The van der Waals surface area contributed by atoms with Gasteiger partial charge in [0.05, 0.1) is 0 Å². The van der Waals surface area contributed by atoms with Crippen LogP contribution in [0.25, 0.3) is 0 Å². The van der Waals surface area contributed by atoms with Crippen LogP contribution in [0, 0.1) is 0 Å². The molecule has 1 saturated carbocycles. The lowest BCUT2D eigenvalue weighted by Gasteiger charge is -2.33. The van der Waals surface area contributed by atoms with Crippen molar-refractivity contribution in [3.63, 3.8) is 0 Å². The Kier molecular flexibility index (Phi) is 10.1. The van der Waals surface area contributed by atoms with E-state index < -0.39 is 11.7 Å². The van der Waals surface area contributed by atoms with Crippen molar-refractivity contribution in [2.45, 2.75) is 64.7 Å². The maximum absolute atomic E-state index is 13.8. The molecule has 2 aromatic rings. The summed E-state index contributed by atoms with van der Waals surface area (Å²) >= 11 is 0. The molecule has 39 heavy (non-hydrogen) atoms. The predicted octanol–water partition coefficient (Wildman–Crippen LogP) is 4.51. The molecule has 9 nitrogen and oxygen atoms in total. The van der Waals surface area contributed by atoms with Crippen LogP contribution in [0.2, 0.25) is 0 Å². The Balaban J connectivity index is 0.00000420. The highest BCUT2D eigenvalue weighted by Crippen LogP contribution is 2.35. The van der Waals surface area contributed by atoms with E-state index in [1.54, 1.807) is 36.1 Å². The second kappa shape index (κ2) is 13.1. The van der Waals surface area contributed by atoms with Crippen molar-refractivity contribution in [1.29, 1.82) is 0 Å². The minimum atomic E-state index is -4.65. The van der Waals surface area contributed by atoms with Crippen molar-refractivity contribution < 1.29 is 22.8 Å². The van der Waals surface area contributed by atoms with E-state index in [4.69, 9.17) is 0 Å². The van der Waals surface area contributed by atoms with E-state index >= 15 is 0 Å². The summed E-state index contributed by atoms with van der Waals surface area (Å²) in [6.45, 7) is 4.70. The van der Waals surface area contributed by atoms with Gasteiger partial charge in [-0.15, -0.1) is 0 Å². The van der Waals surface area contributed by atoms with Gasteiger partial charge in [-0.05, 0) is 44.2 Å². The van der Waals surface area contributed by atoms with Crippen LogP contribution in [0.15, 0.2) is 30.5 Å². The molecule has 214 valence electrons. The molecule has 2 atom stereocenters. The number of likely N-dealkylation sites (N-methyl/N-ethyl adjacent to an activating group) is 1. The molecule has 1 aliphatic heterocycles. The maximum atomic E-state index is 13.8. The normalized spacial score (nSPS) is 20.1. The van der Waals surface area contributed by atoms with E-state index in [1.165, 1.54) is 0 Å². The molecule has 1 saturated heterocycles. The van der Waals surface area contributed by atoms with Gasteiger partial charge < -0.3 is 25.8 Å². The number of nitrogens with zero attached hydrogens (tertiary/aromatic N) is 4. The first-order valence-corrected chi connectivity index (χ1v) is 13.0. The third-order valence-corrected chi connectivity index (χ3v) is 7.03. The predicted molar refractivity (Wildman–Crippen MR) is 145 cm³/mol. The topological polar surface area (TPSA) is 102 Å². The van der Waals surface area contributed by atoms with Crippen LogP contribution < -0.4 is 16.0 Å². The molecule has 12 heteroatoms. The molecule has 0 unspecified atom stereocenters. The van der Waals surface area contributed by atoms with Crippen LogP contribution in [0.4, 0.5) is 30.6 Å². The second-order valence-corrected chi connectivity index (χ2v) is 9.81. The molecule has 2 aliphatic rings. The van der Waals surface area contributed by atoms with Crippen LogP contribution in [-0.4, -0.2) is 76.9 Å². The number of rotatable bonds is 7. The Labute approximate surface area is 227 Å². The van der Waals surface area contributed by atoms with E-state index in [0.717, 1.165) is 32.1 Å². The van der Waals surface area contributed by atoms with E-state index in [0.29, 0.717) is 43.6 Å². The minimum absolute atomic E-state index is 0. The summed E-state index contributed by atoms with van der Waals surface area (Å²) in [4.78, 5) is 36.7. The summed E-state index contributed by atoms with van der Waals surface area (Å²) in [5.41, 5.74) is 0.104. The zero-order valence-electron chi connectivity index (χ0n) is 21.6. The highest BCUT2D eigenvalue weighted by molar-refractivity contribution is 5.94. The fourth-order valence-corrected chi connectivity index (χ4v) is 4.74. The maximum Gasteiger partial charge on any atom is 0.421 e. The molecule has 2 heterocycles. The zero-order valence-corrected chi connectivity index (χ0v) is 21.6. The zero-order chi connectivity index (χ0) is 27.3. The number of halogens is 3. The minimum Gasteiger partial charge on any atom is -0.365 e. The summed E-state index contributed by atoms with van der Waals surface area (Å²) in [5.74, 6) is -0.540. The molecule has 2 amide bonds. The Hall–Kier alpha value is -3.41. The molecule has 1 aromatic carbocycles. The summed E-state index contributed by atoms with van der Waals surface area (Å²) in [6, 6.07) is 6.03. The van der Waals surface area contributed by atoms with Crippen LogP contribution in [0.3, 0.4) is 0 Å². The summed E-state index contributed by atoms with van der Waals surface area (Å²) in [7, 11) is 2.02. The molecular weight excluding hydrogens is 511 g/mol. The molecule has 0 radical (unpaired) electrons. The number of benzene rings is 1. The van der Waals surface area contributed by atoms with Crippen molar-refractivity contribution in [3.8, 4) is 0 Å². The highest BCUT2D eigenvalue weighted by atomic mass is 19.4. The van der Waals surface area contributed by atoms with Crippen molar-refractivity contribution in [3.05, 3.63) is 41.6 Å². The Morgan fingerprint density at radius 3 is 2.28 bits per heavy atom. The summed E-state index contributed by atoms with van der Waals surface area (Å²) in [6.07, 6.45) is -0.565. The second-order valence-electron chi connectivity index (χ2n) is 9.81. The van der Waals surface area contributed by atoms with Crippen molar-refractivity contribution in [1.82, 2.24) is 25.1 Å². The monoisotopic (exact) mass is 549 g/mol. The van der Waals surface area contributed by atoms with Crippen LogP contribution in [0.1, 0.15) is 62.4 Å². The number of hydrogen-bond acceptors (Lipinski definition) is 7. The fraction of sp³-hybridized carbons (Fsp3) is 0.556. The lowest BCUT2D eigenvalue weighted by atomic mass is 9.90. The lowest BCUT2D eigenvalue weighted by Crippen LogP contribution is -2.48. The number of hydrogen-bond donors (Lipinski definition) is 3. The number of aromatic nitrogens is 2. The van der Waals surface area contributed by atoms with Crippen LogP contribution in [-0.2, 0) is 11.0 Å². The van der Waals surface area contributed by atoms with Gasteiger partial charge in [-0.25, -0.2) is 4.98 Å². The number of carbonyl (C=O) groups is 2. The number of alkyl halides is 3.